The van der Waals surface area contributed by atoms with Crippen molar-refractivity contribution >= 4 is 0 Å². The second kappa shape index (κ2) is 8.83. The molecule has 0 fully saturated rings. The quantitative estimate of drug-likeness (QED) is 0.489. The maximum atomic E-state index is 3.52. The van der Waals surface area contributed by atoms with Crippen LogP contribution < -0.4 is 0 Å². The maximum Gasteiger partial charge on any atom is -0.0277 e. The minimum absolute atomic E-state index is 1.17. The molecule has 12 heavy (non-hydrogen) atoms. The van der Waals surface area contributed by atoms with Gasteiger partial charge in [0.25, 0.3) is 0 Å². The van der Waals surface area contributed by atoms with E-state index < -0.39 is 0 Å². The van der Waals surface area contributed by atoms with Gasteiger partial charge in [0, 0.05) is 0 Å². The van der Waals surface area contributed by atoms with E-state index in [-0.39, 0.29) is 0 Å². The Labute approximate surface area is 78.1 Å². The van der Waals surface area contributed by atoms with Crippen LogP contribution in [-0.4, -0.2) is 0 Å². The normalized spacial score (nSPS) is 12.1. The fraction of sp³-hybridized carbons (Fsp3) is 0.833. The average Bonchev–Trinajstić information content (AvgIpc) is 2.11. The van der Waals surface area contributed by atoms with Crippen LogP contribution in [0.15, 0.2) is 5.57 Å². The van der Waals surface area contributed by atoms with Gasteiger partial charge >= 0.3 is 0 Å². The summed E-state index contributed by atoms with van der Waals surface area (Å²) in [6, 6.07) is 0. The number of rotatable bonds is 7. The first-order chi connectivity index (χ1) is 5.85. The Morgan fingerprint density at radius 3 is 2.17 bits per heavy atom. The molecule has 0 aromatic heterocycles. The molecule has 1 radical (unpaired) electrons. The van der Waals surface area contributed by atoms with E-state index in [0.29, 0.717) is 0 Å². The lowest BCUT2D eigenvalue weighted by Gasteiger charge is -2.02. The molecule has 0 unspecified atom stereocenters. The van der Waals surface area contributed by atoms with Crippen LogP contribution in [0.4, 0.5) is 0 Å². The Morgan fingerprint density at radius 1 is 1.00 bits per heavy atom. The van der Waals surface area contributed by atoms with Crippen molar-refractivity contribution in [2.45, 2.75) is 65.7 Å². The third-order valence-corrected chi connectivity index (χ3v) is 2.16. The Hall–Kier alpha value is -0.260. The molecular weight excluding hydrogens is 144 g/mol. The third-order valence-electron chi connectivity index (χ3n) is 2.16. The van der Waals surface area contributed by atoms with E-state index in [4.69, 9.17) is 0 Å². The minimum atomic E-state index is 1.17. The molecule has 0 heteroatoms. The molecular formula is C12H23. The molecule has 0 aromatic carbocycles. The summed E-state index contributed by atoms with van der Waals surface area (Å²) < 4.78 is 0. The summed E-state index contributed by atoms with van der Waals surface area (Å²) in [5.74, 6) is 0. The molecule has 0 N–H and O–H groups in total. The van der Waals surface area contributed by atoms with Gasteiger partial charge in [-0.05, 0) is 38.2 Å². The van der Waals surface area contributed by atoms with Crippen molar-refractivity contribution in [3.8, 4) is 0 Å². The van der Waals surface area contributed by atoms with Crippen LogP contribution in [0, 0.1) is 6.08 Å². The first-order valence-corrected chi connectivity index (χ1v) is 5.43. The number of allylic oxidation sites excluding steroid dienone is 2. The molecule has 0 aliphatic carbocycles. The van der Waals surface area contributed by atoms with Crippen LogP contribution in [0.1, 0.15) is 65.7 Å². The van der Waals surface area contributed by atoms with E-state index in [9.17, 15) is 0 Å². The topological polar surface area (TPSA) is 0 Å². The summed E-state index contributed by atoms with van der Waals surface area (Å²) >= 11 is 0. The van der Waals surface area contributed by atoms with Crippen molar-refractivity contribution in [3.63, 3.8) is 0 Å². The van der Waals surface area contributed by atoms with Crippen molar-refractivity contribution in [2.24, 2.45) is 0 Å². The second-order valence-corrected chi connectivity index (χ2v) is 3.34. The van der Waals surface area contributed by atoms with Crippen LogP contribution in [0.3, 0.4) is 0 Å². The Kier molecular flexibility index (Phi) is 8.64. The Morgan fingerprint density at radius 2 is 1.67 bits per heavy atom. The standard InChI is InChI=1S/C12H23/c1-4-7-9-11-12(6-3)10-8-5-2/h4-10H2,1-3H3. The first kappa shape index (κ1) is 11.7. The number of hydrogen-bond donors (Lipinski definition) is 0. The van der Waals surface area contributed by atoms with Crippen LogP contribution in [-0.2, 0) is 0 Å². The first-order valence-electron chi connectivity index (χ1n) is 5.43. The number of unbranched alkanes of at least 4 members (excludes halogenated alkanes) is 3. The van der Waals surface area contributed by atoms with Gasteiger partial charge in [-0.25, -0.2) is 0 Å². The highest BCUT2D eigenvalue weighted by molar-refractivity contribution is 4.95. The van der Waals surface area contributed by atoms with Crippen LogP contribution in [0.5, 0.6) is 0 Å². The maximum absolute atomic E-state index is 3.52. The molecule has 0 amide bonds. The summed E-state index contributed by atoms with van der Waals surface area (Å²) in [5, 5.41) is 0. The molecule has 0 saturated heterocycles. The lowest BCUT2D eigenvalue weighted by Crippen LogP contribution is -1.83. The lowest BCUT2D eigenvalue weighted by atomic mass is 10.0. The summed E-state index contributed by atoms with van der Waals surface area (Å²) in [7, 11) is 0. The summed E-state index contributed by atoms with van der Waals surface area (Å²) in [4.78, 5) is 0. The second-order valence-electron chi connectivity index (χ2n) is 3.34. The van der Waals surface area contributed by atoms with Gasteiger partial charge in [-0.3, -0.25) is 0 Å². The van der Waals surface area contributed by atoms with Gasteiger partial charge < -0.3 is 0 Å². The Bertz CT molecular complexity index is 111. The summed E-state index contributed by atoms with van der Waals surface area (Å²) in [6.07, 6.45) is 12.4. The van der Waals surface area contributed by atoms with Gasteiger partial charge in [0.2, 0.25) is 0 Å². The van der Waals surface area contributed by atoms with E-state index in [2.05, 4.69) is 26.8 Å². The highest BCUT2D eigenvalue weighted by Crippen LogP contribution is 2.12. The van der Waals surface area contributed by atoms with Crippen molar-refractivity contribution in [1.29, 1.82) is 0 Å². The predicted molar refractivity (Wildman–Crippen MR) is 56.1 cm³/mol. The van der Waals surface area contributed by atoms with Crippen molar-refractivity contribution in [1.82, 2.24) is 0 Å². The highest BCUT2D eigenvalue weighted by atomic mass is 14.0. The zero-order valence-electron chi connectivity index (χ0n) is 8.95. The van der Waals surface area contributed by atoms with Crippen LogP contribution in [0.2, 0.25) is 0 Å². The largest absolute Gasteiger partial charge is 0.0670 e. The molecule has 0 aliphatic rings. The van der Waals surface area contributed by atoms with Gasteiger partial charge in [0.1, 0.15) is 0 Å². The monoisotopic (exact) mass is 167 g/mol. The van der Waals surface area contributed by atoms with Gasteiger partial charge in [-0.2, -0.15) is 0 Å². The molecule has 0 bridgehead atoms. The fourth-order valence-electron chi connectivity index (χ4n) is 1.22. The SMILES string of the molecule is CCCC/[C]=C(\CC)CCCC. The Balaban J connectivity index is 3.55. The van der Waals surface area contributed by atoms with Gasteiger partial charge in [0.15, 0.2) is 0 Å². The molecule has 0 saturated carbocycles. The predicted octanol–water partition coefficient (Wildman–Crippen LogP) is 4.51. The van der Waals surface area contributed by atoms with E-state index in [1.807, 2.05) is 0 Å². The van der Waals surface area contributed by atoms with E-state index >= 15 is 0 Å². The van der Waals surface area contributed by atoms with Gasteiger partial charge in [-0.15, -0.1) is 0 Å². The van der Waals surface area contributed by atoms with Crippen LogP contribution in [0.25, 0.3) is 0 Å². The lowest BCUT2D eigenvalue weighted by molar-refractivity contribution is 0.740. The molecule has 71 valence electrons. The zero-order valence-corrected chi connectivity index (χ0v) is 8.95. The highest BCUT2D eigenvalue weighted by Gasteiger charge is 1.93. The van der Waals surface area contributed by atoms with E-state index in [0.717, 1.165) is 0 Å². The molecule has 0 atom stereocenters. The fourth-order valence-corrected chi connectivity index (χ4v) is 1.22. The molecule has 0 spiro atoms. The van der Waals surface area contributed by atoms with E-state index in [1.54, 1.807) is 5.57 Å². The summed E-state index contributed by atoms with van der Waals surface area (Å²) in [6.45, 7) is 6.72. The van der Waals surface area contributed by atoms with Crippen molar-refractivity contribution in [2.75, 3.05) is 0 Å². The molecule has 0 nitrogen and oxygen atoms in total. The molecule has 0 heterocycles. The molecule has 0 aliphatic heterocycles. The van der Waals surface area contributed by atoms with E-state index in [1.165, 1.54) is 44.9 Å². The smallest absolute Gasteiger partial charge is 0.0277 e. The summed E-state index contributed by atoms with van der Waals surface area (Å²) in [5.41, 5.74) is 1.55. The van der Waals surface area contributed by atoms with Gasteiger partial charge in [0.05, 0.1) is 0 Å². The van der Waals surface area contributed by atoms with Gasteiger partial charge in [-0.1, -0.05) is 39.2 Å². The number of hydrogen-bond acceptors (Lipinski definition) is 0. The van der Waals surface area contributed by atoms with Crippen LogP contribution >= 0.6 is 0 Å². The molecule has 0 aromatic rings. The minimum Gasteiger partial charge on any atom is -0.0670 e. The third kappa shape index (κ3) is 6.45. The molecule has 0 rings (SSSR count). The average molecular weight is 167 g/mol. The zero-order chi connectivity index (χ0) is 9.23. The van der Waals surface area contributed by atoms with Crippen molar-refractivity contribution in [3.05, 3.63) is 11.6 Å². The van der Waals surface area contributed by atoms with Crippen molar-refractivity contribution < 1.29 is 0 Å².